The van der Waals surface area contributed by atoms with Gasteiger partial charge in [-0.3, -0.25) is 4.79 Å². The third kappa shape index (κ3) is 3.96. The Hall–Kier alpha value is -1.66. The van der Waals surface area contributed by atoms with E-state index in [1.165, 1.54) is 20.3 Å². The van der Waals surface area contributed by atoms with Crippen molar-refractivity contribution in [2.24, 2.45) is 0 Å². The molecule has 8 heteroatoms. The lowest BCUT2D eigenvalue weighted by Gasteiger charge is -2.25. The van der Waals surface area contributed by atoms with Gasteiger partial charge in [0, 0.05) is 6.07 Å². The van der Waals surface area contributed by atoms with E-state index >= 15 is 0 Å². The maximum Gasteiger partial charge on any atom is 0.421 e. The number of carbonyl (C=O) groups is 2. The van der Waals surface area contributed by atoms with Gasteiger partial charge in [-0.25, -0.2) is 9.69 Å². The maximum absolute atomic E-state index is 12.2. The van der Waals surface area contributed by atoms with Gasteiger partial charge in [-0.2, -0.15) is 0 Å². The Morgan fingerprint density at radius 1 is 1.14 bits per heavy atom. The van der Waals surface area contributed by atoms with Crippen molar-refractivity contribution in [1.29, 1.82) is 0 Å². The molecule has 0 aliphatic carbocycles. The van der Waals surface area contributed by atoms with Crippen LogP contribution in [0, 0.1) is 0 Å². The van der Waals surface area contributed by atoms with Crippen LogP contribution in [0.1, 0.15) is 20.8 Å². The number of ether oxygens (including phenoxy) is 3. The van der Waals surface area contributed by atoms with Gasteiger partial charge < -0.3 is 14.2 Å². The third-order valence-corrected chi connectivity index (χ3v) is 3.22. The summed E-state index contributed by atoms with van der Waals surface area (Å²) in [6.45, 7) is 5.01. The molecule has 2 amide bonds. The molecule has 0 aromatic heterocycles. The molecule has 0 saturated heterocycles. The van der Waals surface area contributed by atoms with Gasteiger partial charge in [0.25, 0.3) is 0 Å². The number of carbonyl (C=O) groups excluding carboxylic acids is 2. The second kappa shape index (κ2) is 7.07. The molecule has 1 aromatic rings. The first-order valence-electron chi connectivity index (χ1n) is 6.23. The largest absolute Gasteiger partial charge is 0.495 e. The summed E-state index contributed by atoms with van der Waals surface area (Å²) in [4.78, 5) is 24.2. The van der Waals surface area contributed by atoms with Crippen molar-refractivity contribution in [2.75, 3.05) is 19.1 Å². The summed E-state index contributed by atoms with van der Waals surface area (Å²) in [6.07, 6.45) is -0.651. The van der Waals surface area contributed by atoms with E-state index < -0.39 is 11.7 Å². The van der Waals surface area contributed by atoms with E-state index in [2.05, 4.69) is 0 Å². The Morgan fingerprint density at radius 3 is 1.91 bits per heavy atom. The van der Waals surface area contributed by atoms with Crippen LogP contribution >= 0.6 is 23.2 Å². The minimum absolute atomic E-state index is 0.00809. The minimum Gasteiger partial charge on any atom is -0.495 e. The van der Waals surface area contributed by atoms with Crippen molar-refractivity contribution in [1.82, 2.24) is 0 Å². The van der Waals surface area contributed by atoms with Gasteiger partial charge in [-0.05, 0) is 20.8 Å². The Morgan fingerprint density at radius 2 is 1.59 bits per heavy atom. The van der Waals surface area contributed by atoms with E-state index in [0.29, 0.717) is 4.90 Å². The summed E-state index contributed by atoms with van der Waals surface area (Å²) in [5, 5.41) is -0.0162. The van der Waals surface area contributed by atoms with Crippen molar-refractivity contribution in [3.63, 3.8) is 0 Å². The Kier molecular flexibility index (Phi) is 5.91. The maximum atomic E-state index is 12.2. The fraction of sp³-hybridized carbons (Fsp3) is 0.429. The number of hydrogen-bond acceptors (Lipinski definition) is 5. The summed E-state index contributed by atoms with van der Waals surface area (Å²) in [5.41, 5.74) is -0.857. The van der Waals surface area contributed by atoms with Crippen LogP contribution in [0.4, 0.5) is 10.5 Å². The molecule has 0 radical (unpaired) electrons. The zero-order chi connectivity index (χ0) is 17.1. The van der Waals surface area contributed by atoms with Gasteiger partial charge in [0.15, 0.2) is 0 Å². The molecule has 0 bridgehead atoms. The number of hydrogen-bond donors (Lipinski definition) is 0. The SMILES string of the molecule is COc1cc(OC)c(Cl)c(N(C=O)C(=O)OC(C)(C)C)c1Cl. The highest BCUT2D eigenvalue weighted by Gasteiger charge is 2.29. The van der Waals surface area contributed by atoms with E-state index in [1.807, 2.05) is 0 Å². The highest BCUT2D eigenvalue weighted by molar-refractivity contribution is 6.42. The van der Waals surface area contributed by atoms with Crippen LogP contribution in [0.5, 0.6) is 11.5 Å². The average Bonchev–Trinajstić information content (AvgIpc) is 2.41. The lowest BCUT2D eigenvalue weighted by Crippen LogP contribution is -2.36. The highest BCUT2D eigenvalue weighted by Crippen LogP contribution is 2.46. The zero-order valence-corrected chi connectivity index (χ0v) is 14.4. The van der Waals surface area contributed by atoms with Crippen LogP contribution in [-0.4, -0.2) is 32.3 Å². The molecular weight excluding hydrogens is 333 g/mol. The van der Waals surface area contributed by atoms with Gasteiger partial charge in [0.1, 0.15) is 27.1 Å². The van der Waals surface area contributed by atoms with Crippen LogP contribution in [0.15, 0.2) is 6.07 Å². The van der Waals surface area contributed by atoms with Crippen molar-refractivity contribution >= 4 is 41.4 Å². The molecule has 1 rings (SSSR count). The van der Waals surface area contributed by atoms with Crippen molar-refractivity contribution in [3.8, 4) is 11.5 Å². The fourth-order valence-electron chi connectivity index (χ4n) is 1.58. The standard InChI is InChI=1S/C14H17Cl2NO5/c1-14(2,3)22-13(19)17(7-18)12-10(15)8(20-4)6-9(21-5)11(12)16/h6-7H,1-5H3. The second-order valence-corrected chi connectivity index (χ2v) is 5.97. The predicted molar refractivity (Wildman–Crippen MR) is 84.3 cm³/mol. The number of rotatable bonds is 4. The molecule has 0 atom stereocenters. The number of methoxy groups -OCH3 is 2. The number of amides is 2. The Balaban J connectivity index is 3.44. The molecule has 6 nitrogen and oxygen atoms in total. The predicted octanol–water partition coefficient (Wildman–Crippen LogP) is 3.91. The highest BCUT2D eigenvalue weighted by atomic mass is 35.5. The average molecular weight is 350 g/mol. The van der Waals surface area contributed by atoms with Crippen molar-refractivity contribution in [2.45, 2.75) is 26.4 Å². The van der Waals surface area contributed by atoms with Gasteiger partial charge >= 0.3 is 6.09 Å². The van der Waals surface area contributed by atoms with E-state index in [9.17, 15) is 9.59 Å². The number of halogens is 2. The van der Waals surface area contributed by atoms with E-state index in [0.717, 1.165) is 0 Å². The van der Waals surface area contributed by atoms with E-state index in [-0.39, 0.29) is 33.6 Å². The summed E-state index contributed by atoms with van der Waals surface area (Å²) < 4.78 is 15.3. The summed E-state index contributed by atoms with van der Waals surface area (Å²) in [7, 11) is 2.77. The van der Waals surface area contributed by atoms with Gasteiger partial charge in [-0.15, -0.1) is 0 Å². The molecule has 0 heterocycles. The monoisotopic (exact) mass is 349 g/mol. The Bertz CT molecular complexity index is 555. The topological polar surface area (TPSA) is 65.1 Å². The molecule has 0 saturated carbocycles. The molecule has 0 N–H and O–H groups in total. The molecule has 0 spiro atoms. The quantitative estimate of drug-likeness (QED) is 0.771. The van der Waals surface area contributed by atoms with Crippen LogP contribution in [-0.2, 0) is 9.53 Å². The minimum atomic E-state index is -0.915. The molecule has 122 valence electrons. The van der Waals surface area contributed by atoms with Gasteiger partial charge in [-0.1, -0.05) is 23.2 Å². The molecule has 0 aliphatic rings. The smallest absolute Gasteiger partial charge is 0.421 e. The van der Waals surface area contributed by atoms with Crippen LogP contribution in [0.3, 0.4) is 0 Å². The van der Waals surface area contributed by atoms with Crippen LogP contribution in [0.25, 0.3) is 0 Å². The fourth-order valence-corrected chi connectivity index (χ4v) is 2.27. The lowest BCUT2D eigenvalue weighted by atomic mass is 10.2. The molecule has 0 unspecified atom stereocenters. The number of benzene rings is 1. The summed E-state index contributed by atoms with van der Waals surface area (Å²) in [6, 6.07) is 1.45. The first-order valence-corrected chi connectivity index (χ1v) is 6.99. The first kappa shape index (κ1) is 18.4. The number of imide groups is 1. The van der Waals surface area contributed by atoms with Crippen molar-refractivity contribution in [3.05, 3.63) is 16.1 Å². The first-order chi connectivity index (χ1) is 10.2. The molecule has 0 fully saturated rings. The van der Waals surface area contributed by atoms with E-state index in [1.54, 1.807) is 20.8 Å². The zero-order valence-electron chi connectivity index (χ0n) is 12.9. The van der Waals surface area contributed by atoms with Gasteiger partial charge in [0.05, 0.1) is 19.9 Å². The summed E-state index contributed by atoms with van der Waals surface area (Å²) in [5.74, 6) is 0.404. The normalized spacial score (nSPS) is 10.9. The second-order valence-electron chi connectivity index (χ2n) is 5.21. The number of nitrogens with zero attached hydrogens (tertiary/aromatic N) is 1. The summed E-state index contributed by atoms with van der Waals surface area (Å²) >= 11 is 12.3. The Labute approximate surface area is 138 Å². The van der Waals surface area contributed by atoms with E-state index in [4.69, 9.17) is 37.4 Å². The van der Waals surface area contributed by atoms with Gasteiger partial charge in [0.2, 0.25) is 6.41 Å². The number of anilines is 1. The van der Waals surface area contributed by atoms with Crippen LogP contribution in [0.2, 0.25) is 10.0 Å². The molecule has 22 heavy (non-hydrogen) atoms. The molecule has 1 aromatic carbocycles. The van der Waals surface area contributed by atoms with Crippen LogP contribution < -0.4 is 14.4 Å². The molecule has 0 aliphatic heterocycles. The third-order valence-electron chi connectivity index (χ3n) is 2.49. The lowest BCUT2D eigenvalue weighted by molar-refractivity contribution is -0.107. The molecular formula is C14H17Cl2NO5. The van der Waals surface area contributed by atoms with Crippen molar-refractivity contribution < 1.29 is 23.8 Å².